The normalized spacial score (nSPS) is 13.0. The fourth-order valence-electron chi connectivity index (χ4n) is 3.70. The number of hydrogen-bond donors (Lipinski definition) is 4. The quantitative estimate of drug-likeness (QED) is 0.0998. The summed E-state index contributed by atoms with van der Waals surface area (Å²) in [4.78, 5) is 23.2. The van der Waals surface area contributed by atoms with Crippen molar-refractivity contribution in [1.29, 1.82) is 0 Å². The van der Waals surface area contributed by atoms with E-state index in [9.17, 15) is 24.5 Å². The van der Waals surface area contributed by atoms with E-state index in [1.54, 1.807) is 13.0 Å². The topological polar surface area (TPSA) is 147 Å². The average Bonchev–Trinajstić information content (AvgIpc) is 2.77. The van der Waals surface area contributed by atoms with Crippen LogP contribution in [0.15, 0.2) is 44.6 Å². The summed E-state index contributed by atoms with van der Waals surface area (Å²) in [7, 11) is -4.45. The Balaban J connectivity index is 2.37. The zero-order valence-corrected chi connectivity index (χ0v) is 21.1. The summed E-state index contributed by atoms with van der Waals surface area (Å²) in [6, 6.07) is 2.67. The average molecular weight is 504 g/mol. The van der Waals surface area contributed by atoms with E-state index in [1.807, 2.05) is 33.8 Å². The third kappa shape index (κ3) is 5.60. The third-order valence-corrected chi connectivity index (χ3v) is 6.31. The lowest BCUT2D eigenvalue weighted by molar-refractivity contribution is -0.147. The summed E-state index contributed by atoms with van der Waals surface area (Å²) >= 11 is 0. The van der Waals surface area contributed by atoms with Gasteiger partial charge in [0.2, 0.25) is 5.43 Å². The van der Waals surface area contributed by atoms with Crippen molar-refractivity contribution in [2.75, 3.05) is 6.35 Å². The molecule has 4 N–H and O–H groups in total. The Morgan fingerprint density at radius 1 is 1.00 bits per heavy atom. The maximum absolute atomic E-state index is 13.7. The van der Waals surface area contributed by atoms with Crippen molar-refractivity contribution in [3.63, 3.8) is 0 Å². The Kier molecular flexibility index (Phi) is 7.77. The van der Waals surface area contributed by atoms with Gasteiger partial charge in [0.1, 0.15) is 33.8 Å². The van der Waals surface area contributed by atoms with Crippen molar-refractivity contribution in [1.82, 2.24) is 0 Å². The number of phenols is 2. The summed E-state index contributed by atoms with van der Waals surface area (Å²) in [6.07, 6.45) is 3.36. The van der Waals surface area contributed by atoms with Crippen LogP contribution >= 0.6 is 7.60 Å². The molecule has 0 aliphatic heterocycles. The lowest BCUT2D eigenvalue weighted by Crippen LogP contribution is -2.09. The Morgan fingerprint density at radius 2 is 1.57 bits per heavy atom. The molecule has 2 aromatic carbocycles. The molecule has 9 nitrogen and oxygen atoms in total. The highest BCUT2D eigenvalue weighted by atomic mass is 31.2. The molecule has 0 amide bonds. The van der Waals surface area contributed by atoms with Crippen molar-refractivity contribution in [2.45, 2.75) is 47.5 Å². The number of ether oxygens (including phenoxy) is 1. The first-order valence-corrected chi connectivity index (χ1v) is 12.6. The summed E-state index contributed by atoms with van der Waals surface area (Å²) in [5, 5.41) is 30.4. The van der Waals surface area contributed by atoms with Crippen LogP contribution in [0, 0.1) is 6.92 Å². The van der Waals surface area contributed by atoms with Crippen LogP contribution in [-0.2, 0) is 22.1 Å². The molecule has 10 heteroatoms. The van der Waals surface area contributed by atoms with Crippen molar-refractivity contribution < 1.29 is 38.8 Å². The molecule has 35 heavy (non-hydrogen) atoms. The van der Waals surface area contributed by atoms with Gasteiger partial charge in [0.25, 0.3) is 0 Å². The molecule has 3 aromatic rings. The lowest BCUT2D eigenvalue weighted by atomic mass is 9.96. The zero-order chi connectivity index (χ0) is 26.1. The first kappa shape index (κ1) is 26.5. The van der Waals surface area contributed by atoms with E-state index < -0.39 is 19.4 Å². The molecular formula is C25H29O9P. The summed E-state index contributed by atoms with van der Waals surface area (Å²) in [6.45, 7) is 9.27. The molecular weight excluding hydrogens is 475 g/mol. The highest BCUT2D eigenvalue weighted by Crippen LogP contribution is 2.43. The van der Waals surface area contributed by atoms with E-state index in [2.05, 4.69) is 4.67 Å². The number of hydrogen-bond acceptors (Lipinski definition) is 8. The van der Waals surface area contributed by atoms with Gasteiger partial charge < -0.3 is 24.3 Å². The second-order valence-electron chi connectivity index (χ2n) is 8.84. The van der Waals surface area contributed by atoms with Crippen molar-refractivity contribution in [3.8, 4) is 17.2 Å². The van der Waals surface area contributed by atoms with Crippen LogP contribution in [0.4, 0.5) is 0 Å². The maximum atomic E-state index is 13.7. The van der Waals surface area contributed by atoms with E-state index >= 15 is 0 Å². The predicted molar refractivity (Wildman–Crippen MR) is 133 cm³/mol. The van der Waals surface area contributed by atoms with Crippen LogP contribution in [0.2, 0.25) is 0 Å². The van der Waals surface area contributed by atoms with Gasteiger partial charge in [-0.25, -0.2) is 5.26 Å². The van der Waals surface area contributed by atoms with Gasteiger partial charge >= 0.3 is 7.60 Å². The number of benzene rings is 2. The fourth-order valence-corrected chi connectivity index (χ4v) is 4.05. The second-order valence-corrected chi connectivity index (χ2v) is 10.5. The molecule has 1 unspecified atom stereocenters. The molecule has 0 aliphatic rings. The van der Waals surface area contributed by atoms with Crippen LogP contribution in [0.3, 0.4) is 0 Å². The van der Waals surface area contributed by atoms with Gasteiger partial charge in [-0.2, -0.15) is 0 Å². The predicted octanol–water partition coefficient (Wildman–Crippen LogP) is 5.69. The molecule has 0 radical (unpaired) electrons. The number of aromatic hydroxyl groups is 2. The van der Waals surface area contributed by atoms with Crippen LogP contribution in [0.5, 0.6) is 17.2 Å². The molecule has 0 fully saturated rings. The van der Waals surface area contributed by atoms with Gasteiger partial charge in [-0.15, -0.1) is 4.67 Å². The highest BCUT2D eigenvalue weighted by molar-refractivity contribution is 7.52. The molecule has 1 aromatic heterocycles. The van der Waals surface area contributed by atoms with Crippen LogP contribution in [-0.4, -0.2) is 26.7 Å². The van der Waals surface area contributed by atoms with Gasteiger partial charge in [-0.3, -0.25) is 9.36 Å². The maximum Gasteiger partial charge on any atom is 0.391 e. The Bertz CT molecular complexity index is 1460. The zero-order valence-electron chi connectivity index (χ0n) is 20.2. The molecule has 0 bridgehead atoms. The Hall–Kier alpha value is -3.10. The van der Waals surface area contributed by atoms with Gasteiger partial charge in [0.05, 0.1) is 5.39 Å². The first-order valence-electron chi connectivity index (χ1n) is 10.9. The summed E-state index contributed by atoms with van der Waals surface area (Å²) in [5.74, 6) is -0.455. The summed E-state index contributed by atoms with van der Waals surface area (Å²) in [5.41, 5.74) is 2.90. The molecule has 1 atom stereocenters. The molecule has 0 saturated heterocycles. The van der Waals surface area contributed by atoms with Gasteiger partial charge in [-0.05, 0) is 58.6 Å². The number of allylic oxidation sites excluding steroid dienone is 4. The molecule has 0 spiro atoms. The standard InChI is InChI=1S/C25H29O9P/c1-13(2)6-8-16-15(5)18(26)10-20-22(16)25(28)23-21(33-20)11-19(32-12-35(30,31)34-29)17(24(23)27)9-7-14(3)4/h6-7,10-11,26-27,29H,8-9,12H2,1-5H3,(H,30,31). The first-order chi connectivity index (χ1) is 16.4. The minimum Gasteiger partial charge on any atom is -0.508 e. The number of fused-ring (bicyclic) bond motifs is 2. The third-order valence-electron chi connectivity index (χ3n) is 5.60. The minimum atomic E-state index is -4.45. The minimum absolute atomic E-state index is 0.0255. The van der Waals surface area contributed by atoms with Crippen LogP contribution < -0.4 is 10.2 Å². The molecule has 0 aliphatic carbocycles. The Labute approximate surface area is 202 Å². The van der Waals surface area contributed by atoms with Gasteiger partial charge in [-0.1, -0.05) is 23.3 Å². The molecule has 1 heterocycles. The SMILES string of the molecule is CC(C)=CCc1c(OCP(=O)(O)OO)cc2oc3cc(O)c(C)c(CC=C(C)C)c3c(=O)c2c1O. The number of rotatable bonds is 8. The monoisotopic (exact) mass is 504 g/mol. The molecule has 188 valence electrons. The highest BCUT2D eigenvalue weighted by Gasteiger charge is 2.25. The smallest absolute Gasteiger partial charge is 0.391 e. The summed E-state index contributed by atoms with van der Waals surface area (Å²) < 4.78 is 26.6. The fraction of sp³-hybridized carbons (Fsp3) is 0.320. The number of phenolic OH excluding ortho intramolecular Hbond substituents is 2. The molecule has 0 saturated carbocycles. The van der Waals surface area contributed by atoms with Gasteiger partial charge in [0.15, 0.2) is 6.35 Å². The molecule has 3 rings (SSSR count). The Morgan fingerprint density at radius 3 is 2.14 bits per heavy atom. The van der Waals surface area contributed by atoms with E-state index in [4.69, 9.17) is 14.4 Å². The largest absolute Gasteiger partial charge is 0.508 e. The van der Waals surface area contributed by atoms with E-state index in [0.29, 0.717) is 17.5 Å². The second kappa shape index (κ2) is 10.3. The van der Waals surface area contributed by atoms with E-state index in [0.717, 1.165) is 11.1 Å². The van der Waals surface area contributed by atoms with Crippen LogP contribution in [0.1, 0.15) is 44.4 Å². The van der Waals surface area contributed by atoms with Crippen LogP contribution in [0.25, 0.3) is 21.9 Å². The van der Waals surface area contributed by atoms with E-state index in [1.165, 1.54) is 12.1 Å². The van der Waals surface area contributed by atoms with Gasteiger partial charge in [0, 0.05) is 17.7 Å². The van der Waals surface area contributed by atoms with Crippen molar-refractivity contribution in [2.24, 2.45) is 0 Å². The van der Waals surface area contributed by atoms with Crippen molar-refractivity contribution in [3.05, 3.63) is 62.3 Å². The van der Waals surface area contributed by atoms with E-state index in [-0.39, 0.29) is 51.2 Å². The lowest BCUT2D eigenvalue weighted by Gasteiger charge is -2.16. The van der Waals surface area contributed by atoms with Crippen molar-refractivity contribution >= 4 is 29.5 Å².